The van der Waals surface area contributed by atoms with Crippen molar-refractivity contribution in [2.24, 2.45) is 5.73 Å². The number of halogens is 2. The minimum absolute atomic E-state index is 0.265. The number of amides is 1. The van der Waals surface area contributed by atoms with Gasteiger partial charge in [-0.15, -0.1) is 0 Å². The number of pyridine rings is 1. The van der Waals surface area contributed by atoms with Crippen LogP contribution >= 0.6 is 0 Å². The Bertz CT molecular complexity index is 458. The van der Waals surface area contributed by atoms with Gasteiger partial charge in [0.25, 0.3) is 11.8 Å². The topological polar surface area (TPSA) is 71.2 Å². The van der Waals surface area contributed by atoms with Gasteiger partial charge in [0.15, 0.2) is 0 Å². The molecule has 1 saturated heterocycles. The number of anilines is 1. The lowest BCUT2D eigenvalue weighted by molar-refractivity contribution is 0.0118. The molecule has 0 aliphatic carbocycles. The molecule has 1 amide bonds. The van der Waals surface area contributed by atoms with Crippen LogP contribution in [0.3, 0.4) is 0 Å². The SMILES string of the molecule is NCC(F)(F)CNC(=O)c1ccc(N2CCCC2)nc1. The van der Waals surface area contributed by atoms with Crippen LogP contribution in [0.25, 0.3) is 0 Å². The fourth-order valence-corrected chi connectivity index (χ4v) is 2.04. The number of aromatic nitrogens is 1. The van der Waals surface area contributed by atoms with Crippen LogP contribution in [-0.4, -0.2) is 43.0 Å². The van der Waals surface area contributed by atoms with Crippen LogP contribution in [0.2, 0.25) is 0 Å². The van der Waals surface area contributed by atoms with Gasteiger partial charge in [0.2, 0.25) is 0 Å². The molecule has 0 aromatic carbocycles. The Labute approximate surface area is 116 Å². The van der Waals surface area contributed by atoms with E-state index in [1.807, 2.05) is 0 Å². The lowest BCUT2D eigenvalue weighted by atomic mass is 10.2. The molecule has 7 heteroatoms. The average Bonchev–Trinajstić information content (AvgIpc) is 2.99. The molecule has 0 spiro atoms. The third-order valence-electron chi connectivity index (χ3n) is 3.25. The molecule has 1 fully saturated rings. The van der Waals surface area contributed by atoms with Crippen molar-refractivity contribution >= 4 is 11.7 Å². The molecule has 2 rings (SSSR count). The molecule has 110 valence electrons. The predicted molar refractivity (Wildman–Crippen MR) is 72.0 cm³/mol. The summed E-state index contributed by atoms with van der Waals surface area (Å²) in [4.78, 5) is 18.0. The van der Waals surface area contributed by atoms with Gasteiger partial charge in [0, 0.05) is 19.3 Å². The zero-order valence-electron chi connectivity index (χ0n) is 11.1. The number of nitrogens with zero attached hydrogens (tertiary/aromatic N) is 2. The van der Waals surface area contributed by atoms with Crippen molar-refractivity contribution in [1.29, 1.82) is 0 Å². The molecule has 5 nitrogen and oxygen atoms in total. The molecular weight excluding hydrogens is 266 g/mol. The van der Waals surface area contributed by atoms with Gasteiger partial charge in [0.1, 0.15) is 5.82 Å². The van der Waals surface area contributed by atoms with E-state index in [-0.39, 0.29) is 5.56 Å². The molecule has 0 radical (unpaired) electrons. The van der Waals surface area contributed by atoms with E-state index in [0.717, 1.165) is 31.7 Å². The van der Waals surface area contributed by atoms with E-state index in [0.29, 0.717) is 0 Å². The highest BCUT2D eigenvalue weighted by molar-refractivity contribution is 5.94. The second-order valence-corrected chi connectivity index (χ2v) is 4.84. The summed E-state index contributed by atoms with van der Waals surface area (Å²) in [6, 6.07) is 3.33. The van der Waals surface area contributed by atoms with Crippen LogP contribution in [0.1, 0.15) is 23.2 Å². The van der Waals surface area contributed by atoms with Crippen molar-refractivity contribution < 1.29 is 13.6 Å². The Kier molecular flexibility index (Phi) is 4.49. The Morgan fingerprint density at radius 3 is 2.65 bits per heavy atom. The third kappa shape index (κ3) is 3.63. The molecule has 1 aliphatic rings. The Morgan fingerprint density at radius 1 is 1.40 bits per heavy atom. The number of rotatable bonds is 5. The standard InChI is InChI=1S/C13H18F2N4O/c14-13(15,8-16)9-18-12(20)10-3-4-11(17-7-10)19-5-1-2-6-19/h3-4,7H,1-2,5-6,8-9,16H2,(H,18,20). The monoisotopic (exact) mass is 284 g/mol. The summed E-state index contributed by atoms with van der Waals surface area (Å²) in [5, 5.41) is 2.16. The van der Waals surface area contributed by atoms with E-state index in [1.165, 1.54) is 6.20 Å². The lowest BCUT2D eigenvalue weighted by Crippen LogP contribution is -2.41. The summed E-state index contributed by atoms with van der Waals surface area (Å²) in [6.07, 6.45) is 3.68. The van der Waals surface area contributed by atoms with Crippen molar-refractivity contribution in [1.82, 2.24) is 10.3 Å². The highest BCUT2D eigenvalue weighted by Crippen LogP contribution is 2.17. The number of carbonyl (C=O) groups excluding carboxylic acids is 1. The maximum Gasteiger partial charge on any atom is 0.277 e. The smallest absolute Gasteiger partial charge is 0.277 e. The quantitative estimate of drug-likeness (QED) is 0.846. The first-order chi connectivity index (χ1) is 9.52. The number of carbonyl (C=O) groups is 1. The summed E-state index contributed by atoms with van der Waals surface area (Å²) < 4.78 is 25.9. The minimum atomic E-state index is -3.08. The molecule has 0 bridgehead atoms. The minimum Gasteiger partial charge on any atom is -0.357 e. The number of nitrogens with two attached hydrogens (primary N) is 1. The fraction of sp³-hybridized carbons (Fsp3) is 0.538. The maximum atomic E-state index is 12.9. The van der Waals surface area contributed by atoms with E-state index in [1.54, 1.807) is 12.1 Å². The van der Waals surface area contributed by atoms with E-state index in [9.17, 15) is 13.6 Å². The van der Waals surface area contributed by atoms with Crippen LogP contribution in [0.4, 0.5) is 14.6 Å². The van der Waals surface area contributed by atoms with Crippen LogP contribution in [-0.2, 0) is 0 Å². The predicted octanol–water partition coefficient (Wildman–Crippen LogP) is 1.01. The Hall–Kier alpha value is -1.76. The van der Waals surface area contributed by atoms with Gasteiger partial charge in [0.05, 0.1) is 18.7 Å². The molecule has 1 aliphatic heterocycles. The van der Waals surface area contributed by atoms with Crippen molar-refractivity contribution in [2.45, 2.75) is 18.8 Å². The van der Waals surface area contributed by atoms with E-state index in [4.69, 9.17) is 5.73 Å². The first kappa shape index (κ1) is 14.6. The normalized spacial score (nSPS) is 15.4. The van der Waals surface area contributed by atoms with Gasteiger partial charge in [-0.3, -0.25) is 4.79 Å². The number of nitrogens with one attached hydrogen (secondary N) is 1. The average molecular weight is 284 g/mol. The second kappa shape index (κ2) is 6.13. The Balaban J connectivity index is 1.93. The molecule has 0 atom stereocenters. The molecule has 3 N–H and O–H groups in total. The van der Waals surface area contributed by atoms with Crippen molar-refractivity contribution in [3.8, 4) is 0 Å². The molecule has 0 saturated carbocycles. The molecule has 2 heterocycles. The second-order valence-electron chi connectivity index (χ2n) is 4.84. The summed E-state index contributed by atoms with van der Waals surface area (Å²) in [6.45, 7) is 0.359. The van der Waals surface area contributed by atoms with E-state index >= 15 is 0 Å². The van der Waals surface area contributed by atoms with E-state index in [2.05, 4.69) is 15.2 Å². The van der Waals surface area contributed by atoms with Gasteiger partial charge in [-0.1, -0.05) is 0 Å². The maximum absolute atomic E-state index is 12.9. The summed E-state index contributed by atoms with van der Waals surface area (Å²) in [7, 11) is 0. The molecule has 0 unspecified atom stereocenters. The third-order valence-corrected chi connectivity index (χ3v) is 3.25. The van der Waals surface area contributed by atoms with Crippen LogP contribution in [0.15, 0.2) is 18.3 Å². The van der Waals surface area contributed by atoms with Crippen molar-refractivity contribution in [3.63, 3.8) is 0 Å². The summed E-state index contributed by atoms with van der Waals surface area (Å²) in [5.41, 5.74) is 5.17. The van der Waals surface area contributed by atoms with E-state index < -0.39 is 24.9 Å². The molecule has 1 aromatic rings. The highest BCUT2D eigenvalue weighted by Gasteiger charge is 2.27. The van der Waals surface area contributed by atoms with Gasteiger partial charge in [-0.05, 0) is 25.0 Å². The van der Waals surface area contributed by atoms with Gasteiger partial charge in [-0.25, -0.2) is 13.8 Å². The van der Waals surface area contributed by atoms with Gasteiger partial charge >= 0.3 is 0 Å². The van der Waals surface area contributed by atoms with Crippen LogP contribution in [0.5, 0.6) is 0 Å². The zero-order valence-corrected chi connectivity index (χ0v) is 11.1. The number of hydrogen-bond acceptors (Lipinski definition) is 4. The fourth-order valence-electron chi connectivity index (χ4n) is 2.04. The number of hydrogen-bond donors (Lipinski definition) is 2. The Morgan fingerprint density at radius 2 is 2.10 bits per heavy atom. The van der Waals surface area contributed by atoms with Gasteiger partial charge < -0.3 is 16.0 Å². The first-order valence-electron chi connectivity index (χ1n) is 6.59. The first-order valence-corrected chi connectivity index (χ1v) is 6.59. The zero-order chi connectivity index (χ0) is 14.6. The summed E-state index contributed by atoms with van der Waals surface area (Å²) >= 11 is 0. The van der Waals surface area contributed by atoms with Crippen LogP contribution < -0.4 is 16.0 Å². The van der Waals surface area contributed by atoms with Crippen molar-refractivity contribution in [3.05, 3.63) is 23.9 Å². The molecule has 20 heavy (non-hydrogen) atoms. The van der Waals surface area contributed by atoms with Crippen molar-refractivity contribution in [2.75, 3.05) is 31.1 Å². The molecular formula is C13H18F2N4O. The number of alkyl halides is 2. The highest BCUT2D eigenvalue weighted by atomic mass is 19.3. The van der Waals surface area contributed by atoms with Crippen LogP contribution in [0, 0.1) is 0 Å². The molecule has 1 aromatic heterocycles. The van der Waals surface area contributed by atoms with Gasteiger partial charge in [-0.2, -0.15) is 0 Å². The lowest BCUT2D eigenvalue weighted by Gasteiger charge is -2.17. The summed E-state index contributed by atoms with van der Waals surface area (Å²) in [5.74, 6) is -2.84. The largest absolute Gasteiger partial charge is 0.357 e.